The number of pyridine rings is 1. The fourth-order valence-corrected chi connectivity index (χ4v) is 4.25. The second kappa shape index (κ2) is 8.95. The molecule has 2 N–H and O–H groups in total. The molecule has 0 spiro atoms. The maximum Gasteiger partial charge on any atom is 0.270 e. The van der Waals surface area contributed by atoms with E-state index in [1.807, 2.05) is 24.4 Å². The first-order chi connectivity index (χ1) is 14.2. The summed E-state index contributed by atoms with van der Waals surface area (Å²) in [5, 5.41) is 6.88. The van der Waals surface area contributed by atoms with Gasteiger partial charge in [-0.15, -0.1) is 0 Å². The van der Waals surface area contributed by atoms with Crippen LogP contribution in [0.3, 0.4) is 0 Å². The first-order valence-electron chi connectivity index (χ1n) is 10.9. The molecular formula is C24H31N3O2. The van der Waals surface area contributed by atoms with Crippen LogP contribution in [0.2, 0.25) is 0 Å². The molecule has 0 radical (unpaired) electrons. The summed E-state index contributed by atoms with van der Waals surface area (Å²) in [7, 11) is 1.71. The topological polar surface area (TPSA) is 63.2 Å². The van der Waals surface area contributed by atoms with Crippen LogP contribution in [-0.2, 0) is 6.42 Å². The van der Waals surface area contributed by atoms with Crippen LogP contribution in [0, 0.1) is 0 Å². The third-order valence-corrected chi connectivity index (χ3v) is 6.23. The van der Waals surface area contributed by atoms with Crippen molar-refractivity contribution in [1.29, 1.82) is 0 Å². The van der Waals surface area contributed by atoms with E-state index in [-0.39, 0.29) is 11.9 Å². The van der Waals surface area contributed by atoms with Gasteiger partial charge in [-0.1, -0.05) is 31.9 Å². The predicted molar refractivity (Wildman–Crippen MR) is 114 cm³/mol. The number of nitrogens with zero attached hydrogens (tertiary/aromatic N) is 1. The molecule has 1 aromatic heterocycles. The summed E-state index contributed by atoms with van der Waals surface area (Å²) in [6.45, 7) is 2.23. The van der Waals surface area contributed by atoms with E-state index in [4.69, 9.17) is 4.74 Å². The van der Waals surface area contributed by atoms with Crippen LogP contribution in [0.15, 0.2) is 36.5 Å². The molecule has 29 heavy (non-hydrogen) atoms. The fraction of sp³-hybridized carbons (Fsp3) is 0.500. The minimum atomic E-state index is -0.0659. The monoisotopic (exact) mass is 393 g/mol. The summed E-state index contributed by atoms with van der Waals surface area (Å²) in [5.74, 6) is 0.837. The van der Waals surface area contributed by atoms with E-state index >= 15 is 0 Å². The molecule has 2 aliphatic rings. The molecule has 4 rings (SSSR count). The van der Waals surface area contributed by atoms with E-state index in [9.17, 15) is 4.79 Å². The molecule has 1 aliphatic carbocycles. The van der Waals surface area contributed by atoms with Crippen LogP contribution in [0.25, 0.3) is 0 Å². The molecule has 0 unspecified atom stereocenters. The summed E-state index contributed by atoms with van der Waals surface area (Å²) in [4.78, 5) is 16.9. The van der Waals surface area contributed by atoms with Gasteiger partial charge in [-0.25, -0.2) is 0 Å². The van der Waals surface area contributed by atoms with Crippen molar-refractivity contribution in [3.8, 4) is 5.75 Å². The van der Waals surface area contributed by atoms with Crippen LogP contribution in [0.1, 0.15) is 78.7 Å². The maximum atomic E-state index is 12.4. The van der Waals surface area contributed by atoms with Crippen molar-refractivity contribution in [3.63, 3.8) is 0 Å². The number of unbranched alkanes of at least 4 members (excludes halogenated alkanes) is 1. The summed E-state index contributed by atoms with van der Waals surface area (Å²) < 4.78 is 5.45. The normalized spacial score (nSPS) is 21.2. The van der Waals surface area contributed by atoms with Gasteiger partial charge in [0.05, 0.1) is 13.2 Å². The first kappa shape index (κ1) is 19.9. The van der Waals surface area contributed by atoms with Crippen molar-refractivity contribution >= 4 is 5.91 Å². The molecule has 2 aromatic rings. The Kier molecular flexibility index (Phi) is 6.14. The number of amides is 1. The minimum absolute atomic E-state index is 0.0659. The highest BCUT2D eigenvalue weighted by atomic mass is 16.5. The first-order valence-corrected chi connectivity index (χ1v) is 10.9. The lowest BCUT2D eigenvalue weighted by Crippen LogP contribution is -2.40. The standard InChI is InChI=1S/C24H31N3O2/c1-3-4-6-19-13-17-14-20(29-2)10-11-21(17)23(26-19)16-9-12-22(25-15-16)24(28)27-18-7-5-8-18/h9-12,14-15,18-19,23,26H,3-8,13H2,1-2H3,(H,27,28)/t19-,23-/m0/s1. The largest absolute Gasteiger partial charge is 0.497 e. The van der Waals surface area contributed by atoms with Gasteiger partial charge in [0.15, 0.2) is 0 Å². The molecular weight excluding hydrogens is 362 g/mol. The van der Waals surface area contributed by atoms with Crippen molar-refractivity contribution in [1.82, 2.24) is 15.6 Å². The average Bonchev–Trinajstić information content (AvgIpc) is 2.73. The Balaban J connectivity index is 1.56. The molecule has 154 valence electrons. The molecule has 0 bridgehead atoms. The van der Waals surface area contributed by atoms with Gasteiger partial charge in [-0.2, -0.15) is 0 Å². The summed E-state index contributed by atoms with van der Waals surface area (Å²) in [6.07, 6.45) is 9.78. The van der Waals surface area contributed by atoms with Gasteiger partial charge in [-0.3, -0.25) is 9.78 Å². The number of rotatable bonds is 7. The molecule has 1 fully saturated rings. The Morgan fingerprint density at radius 3 is 2.79 bits per heavy atom. The number of fused-ring (bicyclic) bond motifs is 1. The summed E-state index contributed by atoms with van der Waals surface area (Å²) >= 11 is 0. The quantitative estimate of drug-likeness (QED) is 0.741. The van der Waals surface area contributed by atoms with Crippen LogP contribution >= 0.6 is 0 Å². The van der Waals surface area contributed by atoms with Gasteiger partial charge in [0.25, 0.3) is 5.91 Å². The summed E-state index contributed by atoms with van der Waals surface area (Å²) in [5.41, 5.74) is 4.19. The zero-order valence-corrected chi connectivity index (χ0v) is 17.4. The van der Waals surface area contributed by atoms with E-state index in [1.54, 1.807) is 7.11 Å². The van der Waals surface area contributed by atoms with E-state index in [0.717, 1.165) is 37.0 Å². The van der Waals surface area contributed by atoms with Crippen molar-refractivity contribution in [2.24, 2.45) is 0 Å². The fourth-order valence-electron chi connectivity index (χ4n) is 4.25. The second-order valence-electron chi connectivity index (χ2n) is 8.29. The Morgan fingerprint density at radius 2 is 2.14 bits per heavy atom. The lowest BCUT2D eigenvalue weighted by molar-refractivity contribution is 0.0912. The molecule has 2 atom stereocenters. The number of hydrogen-bond acceptors (Lipinski definition) is 4. The molecule has 1 aliphatic heterocycles. The van der Waals surface area contributed by atoms with Crippen molar-refractivity contribution < 1.29 is 9.53 Å². The number of benzene rings is 1. The lowest BCUT2D eigenvalue weighted by Gasteiger charge is -2.34. The molecule has 2 heterocycles. The third-order valence-electron chi connectivity index (χ3n) is 6.23. The Hall–Kier alpha value is -2.40. The van der Waals surface area contributed by atoms with Gasteiger partial charge >= 0.3 is 0 Å². The van der Waals surface area contributed by atoms with Crippen LogP contribution in [-0.4, -0.2) is 30.1 Å². The van der Waals surface area contributed by atoms with Gasteiger partial charge in [0, 0.05) is 18.3 Å². The number of methoxy groups -OCH3 is 1. The Labute approximate surface area is 173 Å². The zero-order chi connectivity index (χ0) is 20.2. The molecule has 0 saturated heterocycles. The molecule has 1 saturated carbocycles. The zero-order valence-electron chi connectivity index (χ0n) is 17.4. The number of carbonyl (C=O) groups excluding carboxylic acids is 1. The highest BCUT2D eigenvalue weighted by Gasteiger charge is 2.28. The van der Waals surface area contributed by atoms with E-state index in [1.165, 1.54) is 30.4 Å². The van der Waals surface area contributed by atoms with Crippen LogP contribution in [0.4, 0.5) is 0 Å². The number of nitrogens with one attached hydrogen (secondary N) is 2. The SMILES string of the molecule is CCCC[C@H]1Cc2cc(OC)ccc2[C@H](c2ccc(C(=O)NC3CCC3)nc2)N1. The maximum absolute atomic E-state index is 12.4. The second-order valence-corrected chi connectivity index (χ2v) is 8.29. The predicted octanol–water partition coefficient (Wildman–Crippen LogP) is 4.17. The third kappa shape index (κ3) is 4.45. The van der Waals surface area contributed by atoms with Crippen molar-refractivity contribution in [2.45, 2.75) is 70.0 Å². The Morgan fingerprint density at radius 1 is 1.28 bits per heavy atom. The van der Waals surface area contributed by atoms with E-state index in [2.05, 4.69) is 34.7 Å². The number of ether oxygens (including phenoxy) is 1. The lowest BCUT2D eigenvalue weighted by atomic mass is 9.85. The molecule has 1 amide bonds. The minimum Gasteiger partial charge on any atom is -0.497 e. The highest BCUT2D eigenvalue weighted by Crippen LogP contribution is 2.33. The van der Waals surface area contributed by atoms with Gasteiger partial charge in [0.1, 0.15) is 11.4 Å². The van der Waals surface area contributed by atoms with Gasteiger partial charge < -0.3 is 15.4 Å². The number of hydrogen-bond donors (Lipinski definition) is 2. The van der Waals surface area contributed by atoms with E-state index in [0.29, 0.717) is 17.8 Å². The summed E-state index contributed by atoms with van der Waals surface area (Å²) in [6, 6.07) is 11.1. The van der Waals surface area contributed by atoms with Crippen LogP contribution < -0.4 is 15.4 Å². The number of aromatic nitrogens is 1. The Bertz CT molecular complexity index is 846. The highest BCUT2D eigenvalue weighted by molar-refractivity contribution is 5.92. The molecule has 1 aromatic carbocycles. The molecule has 5 heteroatoms. The van der Waals surface area contributed by atoms with E-state index < -0.39 is 0 Å². The average molecular weight is 394 g/mol. The van der Waals surface area contributed by atoms with Crippen LogP contribution in [0.5, 0.6) is 5.75 Å². The smallest absolute Gasteiger partial charge is 0.270 e. The number of carbonyl (C=O) groups is 1. The molecule has 5 nitrogen and oxygen atoms in total. The van der Waals surface area contributed by atoms with Gasteiger partial charge in [0.2, 0.25) is 0 Å². The van der Waals surface area contributed by atoms with Crippen molar-refractivity contribution in [3.05, 3.63) is 58.9 Å². The van der Waals surface area contributed by atoms with Gasteiger partial charge in [-0.05, 0) is 67.0 Å². The van der Waals surface area contributed by atoms with Crippen molar-refractivity contribution in [2.75, 3.05) is 7.11 Å².